The number of likely N-dealkylation sites (tertiary alicyclic amines) is 1. The Bertz CT molecular complexity index is 431. The third kappa shape index (κ3) is 4.54. The number of halogens is 3. The molecule has 4 nitrogen and oxygen atoms in total. The van der Waals surface area contributed by atoms with E-state index in [1.807, 2.05) is 6.26 Å². The third-order valence-electron chi connectivity index (χ3n) is 4.29. The summed E-state index contributed by atoms with van der Waals surface area (Å²) in [6.45, 7) is -1.41. The minimum absolute atomic E-state index is 0.0584. The predicted molar refractivity (Wildman–Crippen MR) is 78.4 cm³/mol. The number of alkyl halides is 3. The molecule has 1 heterocycles. The summed E-state index contributed by atoms with van der Waals surface area (Å²) in [5.41, 5.74) is 0. The molecule has 1 saturated heterocycles. The monoisotopic (exact) mass is 338 g/mol. The molecule has 1 N–H and O–H groups in total. The number of nitrogens with zero attached hydrogens (tertiary/aromatic N) is 1. The Morgan fingerprint density at radius 1 is 1.36 bits per heavy atom. The number of carbonyl (C=O) groups is 2. The van der Waals surface area contributed by atoms with Crippen LogP contribution >= 0.6 is 11.8 Å². The smallest absolute Gasteiger partial charge is 0.352 e. The van der Waals surface area contributed by atoms with E-state index in [4.69, 9.17) is 0 Å². The second kappa shape index (κ2) is 7.10. The zero-order valence-electron chi connectivity index (χ0n) is 12.5. The summed E-state index contributed by atoms with van der Waals surface area (Å²) in [6, 6.07) is 0.0584. The Morgan fingerprint density at radius 3 is 2.68 bits per heavy atom. The van der Waals surface area contributed by atoms with Gasteiger partial charge in [0.05, 0.1) is 5.92 Å². The summed E-state index contributed by atoms with van der Waals surface area (Å²) in [7, 11) is 0. The van der Waals surface area contributed by atoms with Crippen molar-refractivity contribution in [1.29, 1.82) is 0 Å². The van der Waals surface area contributed by atoms with Crippen molar-refractivity contribution in [3.05, 3.63) is 0 Å². The van der Waals surface area contributed by atoms with Crippen molar-refractivity contribution in [2.45, 2.75) is 49.6 Å². The Kier molecular flexibility index (Phi) is 5.63. The fourth-order valence-electron chi connectivity index (χ4n) is 3.16. The fourth-order valence-corrected chi connectivity index (χ4v) is 4.10. The average Bonchev–Trinajstić information content (AvgIpc) is 2.79. The molecule has 1 aliphatic heterocycles. The van der Waals surface area contributed by atoms with Gasteiger partial charge in [0.1, 0.15) is 6.54 Å². The van der Waals surface area contributed by atoms with Crippen LogP contribution in [-0.2, 0) is 9.59 Å². The SMILES string of the molecule is CS[C@@H]1CCCC[C@H]1NC(=O)[C@H]1CC(=O)N(CC(F)(F)F)C1. The standard InChI is InChI=1S/C14H21F3N2O2S/c1-22-11-5-3-2-4-10(11)18-13(21)9-6-12(20)19(7-9)8-14(15,16)17/h9-11H,2-8H2,1H3,(H,18,21)/t9-,10+,11+/m0/s1. The lowest BCUT2D eigenvalue weighted by Crippen LogP contribution is -2.46. The molecule has 126 valence electrons. The topological polar surface area (TPSA) is 49.4 Å². The minimum Gasteiger partial charge on any atom is -0.352 e. The molecule has 0 aromatic rings. The lowest BCUT2D eigenvalue weighted by atomic mass is 9.94. The lowest BCUT2D eigenvalue weighted by molar-refractivity contribution is -0.157. The molecule has 0 spiro atoms. The zero-order chi connectivity index (χ0) is 16.3. The molecule has 0 unspecified atom stereocenters. The first kappa shape index (κ1) is 17.4. The normalized spacial score (nSPS) is 29.7. The van der Waals surface area contributed by atoms with Gasteiger partial charge in [-0.2, -0.15) is 24.9 Å². The van der Waals surface area contributed by atoms with E-state index in [2.05, 4.69) is 5.32 Å². The van der Waals surface area contributed by atoms with Crippen LogP contribution in [0.1, 0.15) is 32.1 Å². The largest absolute Gasteiger partial charge is 0.406 e. The van der Waals surface area contributed by atoms with Gasteiger partial charge in [-0.1, -0.05) is 12.8 Å². The highest BCUT2D eigenvalue weighted by molar-refractivity contribution is 7.99. The molecule has 2 aliphatic rings. The van der Waals surface area contributed by atoms with Gasteiger partial charge in [-0.25, -0.2) is 0 Å². The first-order valence-corrected chi connectivity index (χ1v) is 8.76. The van der Waals surface area contributed by atoms with Crippen LogP contribution in [0, 0.1) is 5.92 Å². The van der Waals surface area contributed by atoms with Crippen molar-refractivity contribution in [2.75, 3.05) is 19.3 Å². The molecule has 3 atom stereocenters. The molecule has 2 rings (SSSR count). The maximum absolute atomic E-state index is 12.4. The van der Waals surface area contributed by atoms with E-state index in [0.29, 0.717) is 5.25 Å². The predicted octanol–water partition coefficient (Wildman–Crippen LogP) is 2.19. The minimum atomic E-state index is -4.42. The van der Waals surface area contributed by atoms with Gasteiger partial charge in [0.2, 0.25) is 11.8 Å². The van der Waals surface area contributed by atoms with E-state index in [0.717, 1.165) is 30.6 Å². The van der Waals surface area contributed by atoms with Crippen molar-refractivity contribution in [2.24, 2.45) is 5.92 Å². The van der Waals surface area contributed by atoms with Gasteiger partial charge in [-0.15, -0.1) is 0 Å². The average molecular weight is 338 g/mol. The second-order valence-electron chi connectivity index (χ2n) is 5.96. The Balaban J connectivity index is 1.89. The van der Waals surface area contributed by atoms with Crippen LogP contribution in [0.5, 0.6) is 0 Å². The number of carbonyl (C=O) groups excluding carboxylic acids is 2. The molecule has 0 aromatic heterocycles. The van der Waals surface area contributed by atoms with Gasteiger partial charge in [0, 0.05) is 24.3 Å². The fraction of sp³-hybridized carbons (Fsp3) is 0.857. The summed E-state index contributed by atoms with van der Waals surface area (Å²) in [6.07, 6.45) is 1.57. The van der Waals surface area contributed by atoms with Crippen molar-refractivity contribution in [1.82, 2.24) is 10.2 Å². The highest BCUT2D eigenvalue weighted by Crippen LogP contribution is 2.28. The van der Waals surface area contributed by atoms with Gasteiger partial charge in [-0.05, 0) is 19.1 Å². The van der Waals surface area contributed by atoms with Gasteiger partial charge in [0.15, 0.2) is 0 Å². The lowest BCUT2D eigenvalue weighted by Gasteiger charge is -2.31. The van der Waals surface area contributed by atoms with Gasteiger partial charge in [0.25, 0.3) is 0 Å². The van der Waals surface area contributed by atoms with Crippen LogP contribution in [0.15, 0.2) is 0 Å². The van der Waals surface area contributed by atoms with Crippen LogP contribution in [0.4, 0.5) is 13.2 Å². The Morgan fingerprint density at radius 2 is 2.05 bits per heavy atom. The Hall–Kier alpha value is -0.920. The van der Waals surface area contributed by atoms with Gasteiger partial charge in [-0.3, -0.25) is 9.59 Å². The van der Waals surface area contributed by atoms with Gasteiger partial charge < -0.3 is 10.2 Å². The number of hydrogen-bond donors (Lipinski definition) is 1. The van der Waals surface area contributed by atoms with Crippen molar-refractivity contribution < 1.29 is 22.8 Å². The molecule has 1 saturated carbocycles. The number of thioether (sulfide) groups is 1. The molecule has 2 amide bonds. The molecule has 0 aromatic carbocycles. The second-order valence-corrected chi connectivity index (χ2v) is 7.04. The molecule has 22 heavy (non-hydrogen) atoms. The van der Waals surface area contributed by atoms with Crippen LogP contribution in [0.2, 0.25) is 0 Å². The molecule has 2 fully saturated rings. The molecule has 8 heteroatoms. The van der Waals surface area contributed by atoms with E-state index in [1.54, 1.807) is 11.8 Å². The highest BCUT2D eigenvalue weighted by atomic mass is 32.2. The number of nitrogens with one attached hydrogen (secondary N) is 1. The summed E-state index contributed by atoms with van der Waals surface area (Å²) >= 11 is 1.71. The van der Waals surface area contributed by atoms with Crippen molar-refractivity contribution in [3.8, 4) is 0 Å². The van der Waals surface area contributed by atoms with E-state index >= 15 is 0 Å². The third-order valence-corrected chi connectivity index (χ3v) is 5.46. The first-order valence-electron chi connectivity index (χ1n) is 7.48. The molecule has 0 bridgehead atoms. The maximum atomic E-state index is 12.4. The van der Waals surface area contributed by atoms with Crippen LogP contribution < -0.4 is 5.32 Å². The van der Waals surface area contributed by atoms with E-state index in [9.17, 15) is 22.8 Å². The van der Waals surface area contributed by atoms with Crippen LogP contribution in [-0.4, -0.2) is 53.5 Å². The van der Waals surface area contributed by atoms with E-state index < -0.39 is 24.5 Å². The van der Waals surface area contributed by atoms with Crippen molar-refractivity contribution >= 4 is 23.6 Å². The highest BCUT2D eigenvalue weighted by Gasteiger charge is 2.41. The van der Waals surface area contributed by atoms with E-state index in [1.165, 1.54) is 0 Å². The molecule has 0 radical (unpaired) electrons. The van der Waals surface area contributed by atoms with Crippen LogP contribution in [0.3, 0.4) is 0 Å². The molecular weight excluding hydrogens is 317 g/mol. The number of hydrogen-bond acceptors (Lipinski definition) is 3. The maximum Gasteiger partial charge on any atom is 0.406 e. The summed E-state index contributed by atoms with van der Waals surface area (Å²) in [4.78, 5) is 24.6. The summed E-state index contributed by atoms with van der Waals surface area (Å²) in [5.74, 6) is -1.55. The van der Waals surface area contributed by atoms with Gasteiger partial charge >= 0.3 is 6.18 Å². The summed E-state index contributed by atoms with van der Waals surface area (Å²) in [5, 5.41) is 3.29. The van der Waals surface area contributed by atoms with Crippen molar-refractivity contribution in [3.63, 3.8) is 0 Å². The zero-order valence-corrected chi connectivity index (χ0v) is 13.3. The molecule has 1 aliphatic carbocycles. The molecular formula is C14H21F3N2O2S. The van der Waals surface area contributed by atoms with Crippen LogP contribution in [0.25, 0.3) is 0 Å². The number of amides is 2. The van der Waals surface area contributed by atoms with E-state index in [-0.39, 0.29) is 24.9 Å². The quantitative estimate of drug-likeness (QED) is 0.855. The summed E-state index contributed by atoms with van der Waals surface area (Å²) < 4.78 is 37.1. The first-order chi connectivity index (χ1) is 10.3. The Labute approximate surface area is 132 Å². The number of rotatable bonds is 4.